The van der Waals surface area contributed by atoms with Crippen LogP contribution < -0.4 is 5.32 Å². The van der Waals surface area contributed by atoms with Crippen LogP contribution in [0.4, 0.5) is 0 Å². The summed E-state index contributed by atoms with van der Waals surface area (Å²) in [5, 5.41) is 3.69. The summed E-state index contributed by atoms with van der Waals surface area (Å²) >= 11 is 0. The molecule has 0 amide bonds. The third kappa shape index (κ3) is 2.90. The molecule has 0 spiro atoms. The van der Waals surface area contributed by atoms with Crippen molar-refractivity contribution in [1.82, 2.24) is 15.2 Å². The van der Waals surface area contributed by atoms with Crippen LogP contribution in [0.3, 0.4) is 0 Å². The Balaban J connectivity index is 2.13. The highest BCUT2D eigenvalue weighted by Gasteiger charge is 2.38. The van der Waals surface area contributed by atoms with Gasteiger partial charge >= 0.3 is 0 Å². The van der Waals surface area contributed by atoms with Gasteiger partial charge in [-0.1, -0.05) is 13.0 Å². The number of nitrogens with one attached hydrogen (secondary N) is 1. The number of rotatable bonds is 3. The van der Waals surface area contributed by atoms with E-state index in [1.54, 1.807) is 0 Å². The number of aromatic nitrogens is 1. The van der Waals surface area contributed by atoms with Crippen LogP contribution in [0.5, 0.6) is 0 Å². The zero-order valence-corrected chi connectivity index (χ0v) is 12.0. The van der Waals surface area contributed by atoms with Crippen LogP contribution in [-0.2, 0) is 6.54 Å². The minimum Gasteiger partial charge on any atom is -0.308 e. The van der Waals surface area contributed by atoms with E-state index in [4.69, 9.17) is 0 Å². The lowest BCUT2D eigenvalue weighted by Crippen LogP contribution is -2.66. The van der Waals surface area contributed by atoms with Crippen molar-refractivity contribution in [2.45, 2.75) is 51.7 Å². The van der Waals surface area contributed by atoms with Gasteiger partial charge in [-0.25, -0.2) is 0 Å². The number of hydrogen-bond acceptors (Lipinski definition) is 3. The SMILES string of the molecule is CCC1(C)CN(Cc2cccnc2)C(C)(C)CN1. The molecule has 0 aromatic carbocycles. The second kappa shape index (κ2) is 4.98. The molecule has 0 saturated carbocycles. The van der Waals surface area contributed by atoms with Gasteiger partial charge in [-0.05, 0) is 38.8 Å². The summed E-state index contributed by atoms with van der Waals surface area (Å²) in [6.45, 7) is 12.3. The van der Waals surface area contributed by atoms with Gasteiger partial charge in [0.2, 0.25) is 0 Å². The first-order valence-electron chi connectivity index (χ1n) is 6.84. The molecule has 18 heavy (non-hydrogen) atoms. The van der Waals surface area contributed by atoms with Crippen molar-refractivity contribution in [3.63, 3.8) is 0 Å². The third-order valence-electron chi connectivity index (χ3n) is 4.22. The van der Waals surface area contributed by atoms with E-state index in [9.17, 15) is 0 Å². The average Bonchev–Trinajstić information content (AvgIpc) is 2.36. The van der Waals surface area contributed by atoms with Crippen molar-refractivity contribution in [2.24, 2.45) is 0 Å². The molecule has 0 aliphatic carbocycles. The maximum atomic E-state index is 4.21. The zero-order chi connectivity index (χ0) is 13.2. The molecule has 0 radical (unpaired) electrons. The Morgan fingerprint density at radius 2 is 2.17 bits per heavy atom. The van der Waals surface area contributed by atoms with Gasteiger partial charge in [0.25, 0.3) is 0 Å². The molecule has 1 fully saturated rings. The Kier molecular flexibility index (Phi) is 3.74. The van der Waals surface area contributed by atoms with Crippen LogP contribution in [0.2, 0.25) is 0 Å². The minimum absolute atomic E-state index is 0.199. The largest absolute Gasteiger partial charge is 0.308 e. The van der Waals surface area contributed by atoms with Crippen molar-refractivity contribution in [2.75, 3.05) is 13.1 Å². The van der Waals surface area contributed by atoms with E-state index in [1.807, 2.05) is 18.5 Å². The molecule has 1 atom stereocenters. The van der Waals surface area contributed by atoms with Crippen molar-refractivity contribution in [1.29, 1.82) is 0 Å². The summed E-state index contributed by atoms with van der Waals surface area (Å²) < 4.78 is 0. The number of pyridine rings is 1. The van der Waals surface area contributed by atoms with Crippen LogP contribution in [0, 0.1) is 0 Å². The monoisotopic (exact) mass is 247 g/mol. The van der Waals surface area contributed by atoms with Crippen LogP contribution in [0.15, 0.2) is 24.5 Å². The van der Waals surface area contributed by atoms with Crippen LogP contribution in [0.25, 0.3) is 0 Å². The Labute approximate surface area is 111 Å². The van der Waals surface area contributed by atoms with Crippen molar-refractivity contribution < 1.29 is 0 Å². The first-order valence-corrected chi connectivity index (χ1v) is 6.84. The molecule has 1 aliphatic rings. The molecule has 1 aromatic rings. The van der Waals surface area contributed by atoms with Gasteiger partial charge in [0.1, 0.15) is 0 Å². The van der Waals surface area contributed by atoms with Gasteiger partial charge in [0.05, 0.1) is 0 Å². The van der Waals surface area contributed by atoms with Crippen molar-refractivity contribution in [3.8, 4) is 0 Å². The fourth-order valence-corrected chi connectivity index (χ4v) is 2.45. The highest BCUT2D eigenvalue weighted by molar-refractivity contribution is 5.10. The normalized spacial score (nSPS) is 28.2. The van der Waals surface area contributed by atoms with E-state index < -0.39 is 0 Å². The Bertz CT molecular complexity index is 388. The number of piperazine rings is 1. The number of nitrogens with zero attached hydrogens (tertiary/aromatic N) is 2. The average molecular weight is 247 g/mol. The lowest BCUT2D eigenvalue weighted by Gasteiger charge is -2.50. The second-order valence-electron chi connectivity index (χ2n) is 6.30. The highest BCUT2D eigenvalue weighted by atomic mass is 15.3. The smallest absolute Gasteiger partial charge is 0.0312 e. The van der Waals surface area contributed by atoms with Gasteiger partial charge in [-0.3, -0.25) is 9.88 Å². The van der Waals surface area contributed by atoms with E-state index in [1.165, 1.54) is 5.56 Å². The molecule has 0 bridgehead atoms. The molecule has 1 aromatic heterocycles. The highest BCUT2D eigenvalue weighted by Crippen LogP contribution is 2.27. The van der Waals surface area contributed by atoms with E-state index in [2.05, 4.69) is 49.0 Å². The molecule has 1 unspecified atom stereocenters. The molecular weight excluding hydrogens is 222 g/mol. The summed E-state index contributed by atoms with van der Waals surface area (Å²) in [5.41, 5.74) is 1.73. The van der Waals surface area contributed by atoms with E-state index >= 15 is 0 Å². The Hall–Kier alpha value is -0.930. The standard InChI is InChI=1S/C15H25N3/c1-5-15(4)12-18(14(2,3)11-17-15)10-13-7-6-8-16-9-13/h6-9,17H,5,10-12H2,1-4H3. The molecule has 1 saturated heterocycles. The lowest BCUT2D eigenvalue weighted by atomic mass is 9.88. The van der Waals surface area contributed by atoms with Crippen LogP contribution >= 0.6 is 0 Å². The maximum absolute atomic E-state index is 4.21. The lowest BCUT2D eigenvalue weighted by molar-refractivity contribution is 0.0245. The molecule has 3 nitrogen and oxygen atoms in total. The summed E-state index contributed by atoms with van der Waals surface area (Å²) in [5.74, 6) is 0. The molecule has 1 aliphatic heterocycles. The first kappa shape index (κ1) is 13.5. The predicted molar refractivity (Wildman–Crippen MR) is 75.4 cm³/mol. The van der Waals surface area contributed by atoms with Gasteiger partial charge < -0.3 is 5.32 Å². The zero-order valence-electron chi connectivity index (χ0n) is 12.0. The molecule has 1 N–H and O–H groups in total. The first-order chi connectivity index (χ1) is 8.45. The molecule has 2 heterocycles. The van der Waals surface area contributed by atoms with Gasteiger partial charge in [-0.2, -0.15) is 0 Å². The van der Waals surface area contributed by atoms with E-state index in [0.29, 0.717) is 0 Å². The van der Waals surface area contributed by atoms with Crippen LogP contribution in [-0.4, -0.2) is 34.1 Å². The predicted octanol–water partition coefficient (Wildman–Crippen LogP) is 2.43. The topological polar surface area (TPSA) is 28.2 Å². The summed E-state index contributed by atoms with van der Waals surface area (Å²) in [7, 11) is 0. The molecular formula is C15H25N3. The van der Waals surface area contributed by atoms with Crippen molar-refractivity contribution >= 4 is 0 Å². The second-order valence-corrected chi connectivity index (χ2v) is 6.30. The fourth-order valence-electron chi connectivity index (χ4n) is 2.45. The summed E-state index contributed by atoms with van der Waals surface area (Å²) in [4.78, 5) is 6.79. The molecule has 100 valence electrons. The summed E-state index contributed by atoms with van der Waals surface area (Å²) in [6.07, 6.45) is 4.97. The molecule has 3 heteroatoms. The van der Waals surface area contributed by atoms with Crippen LogP contribution in [0.1, 0.15) is 39.7 Å². The van der Waals surface area contributed by atoms with Gasteiger partial charge in [-0.15, -0.1) is 0 Å². The van der Waals surface area contributed by atoms with E-state index in [0.717, 1.165) is 26.1 Å². The summed E-state index contributed by atoms with van der Waals surface area (Å²) in [6, 6.07) is 4.18. The Morgan fingerprint density at radius 3 is 2.78 bits per heavy atom. The number of hydrogen-bond donors (Lipinski definition) is 1. The minimum atomic E-state index is 0.199. The van der Waals surface area contributed by atoms with Gasteiger partial charge in [0, 0.05) is 43.1 Å². The quantitative estimate of drug-likeness (QED) is 0.889. The Morgan fingerprint density at radius 1 is 1.39 bits per heavy atom. The molecule has 2 rings (SSSR count). The maximum Gasteiger partial charge on any atom is 0.0312 e. The fraction of sp³-hybridized carbons (Fsp3) is 0.667. The third-order valence-corrected chi connectivity index (χ3v) is 4.22. The van der Waals surface area contributed by atoms with E-state index in [-0.39, 0.29) is 11.1 Å². The van der Waals surface area contributed by atoms with Gasteiger partial charge in [0.15, 0.2) is 0 Å². The van der Waals surface area contributed by atoms with Crippen molar-refractivity contribution in [3.05, 3.63) is 30.1 Å².